The van der Waals surface area contributed by atoms with Crippen LogP contribution in [0.4, 0.5) is 0 Å². The van der Waals surface area contributed by atoms with Gasteiger partial charge >= 0.3 is 0 Å². The summed E-state index contributed by atoms with van der Waals surface area (Å²) < 4.78 is 5.31. The summed E-state index contributed by atoms with van der Waals surface area (Å²) in [5.41, 5.74) is 3.35. The van der Waals surface area contributed by atoms with Gasteiger partial charge in [0.2, 0.25) is 0 Å². The van der Waals surface area contributed by atoms with E-state index < -0.39 is 6.10 Å². The Morgan fingerprint density at radius 2 is 2.23 bits per heavy atom. The van der Waals surface area contributed by atoms with E-state index in [1.54, 1.807) is 18.4 Å². The largest absolute Gasteiger partial charge is 0.387 e. The van der Waals surface area contributed by atoms with Crippen LogP contribution in [0.1, 0.15) is 41.0 Å². The van der Waals surface area contributed by atoms with Crippen LogP contribution in [0.25, 0.3) is 0 Å². The number of ether oxygens (including phenoxy) is 1. The molecule has 3 atom stereocenters. The van der Waals surface area contributed by atoms with Crippen molar-refractivity contribution >= 4 is 11.3 Å². The monoisotopic (exact) mass is 318 g/mol. The first-order valence-electron chi connectivity index (χ1n) is 7.53. The Morgan fingerprint density at radius 1 is 1.45 bits per heavy atom. The molecule has 1 N–H and O–H groups in total. The molecule has 1 aliphatic rings. The number of likely N-dealkylation sites (N-methyl/N-ethyl adjacent to an activating group) is 1. The lowest BCUT2D eigenvalue weighted by atomic mass is 10.1. The molecule has 5 heteroatoms. The van der Waals surface area contributed by atoms with Crippen LogP contribution >= 0.6 is 11.3 Å². The molecule has 1 heterocycles. The van der Waals surface area contributed by atoms with Gasteiger partial charge in [-0.1, -0.05) is 24.3 Å². The van der Waals surface area contributed by atoms with E-state index in [2.05, 4.69) is 28.4 Å². The molecule has 0 saturated carbocycles. The van der Waals surface area contributed by atoms with Gasteiger partial charge < -0.3 is 9.84 Å². The van der Waals surface area contributed by atoms with E-state index in [9.17, 15) is 5.11 Å². The number of hydrogen-bond acceptors (Lipinski definition) is 5. The van der Waals surface area contributed by atoms with Gasteiger partial charge in [0, 0.05) is 25.1 Å². The predicted octanol–water partition coefficient (Wildman–Crippen LogP) is 2.94. The van der Waals surface area contributed by atoms with Gasteiger partial charge in [0.1, 0.15) is 11.1 Å². The predicted molar refractivity (Wildman–Crippen MR) is 87.9 cm³/mol. The van der Waals surface area contributed by atoms with Crippen molar-refractivity contribution in [1.82, 2.24) is 9.88 Å². The highest BCUT2D eigenvalue weighted by atomic mass is 32.1. The van der Waals surface area contributed by atoms with Crippen LogP contribution in [0, 0.1) is 0 Å². The van der Waals surface area contributed by atoms with Crippen molar-refractivity contribution in [3.8, 4) is 0 Å². The molecule has 3 rings (SSSR count). The maximum atomic E-state index is 10.5. The topological polar surface area (TPSA) is 45.6 Å². The van der Waals surface area contributed by atoms with Crippen molar-refractivity contribution in [2.24, 2.45) is 0 Å². The highest BCUT2D eigenvalue weighted by Gasteiger charge is 2.33. The third-order valence-corrected chi connectivity index (χ3v) is 5.47. The third kappa shape index (κ3) is 2.94. The number of rotatable bonds is 5. The molecule has 22 heavy (non-hydrogen) atoms. The number of aliphatic hydroxyl groups is 1. The average molecular weight is 318 g/mol. The van der Waals surface area contributed by atoms with E-state index in [1.807, 2.05) is 25.1 Å². The molecule has 0 saturated heterocycles. The smallest absolute Gasteiger partial charge is 0.122 e. The molecule has 1 aromatic heterocycles. The summed E-state index contributed by atoms with van der Waals surface area (Å²) in [4.78, 5) is 6.83. The SMILES string of the molecule is COC(C)c1nc(CN(C)C2Cc3ccccc3C2O)cs1. The molecule has 0 spiro atoms. The highest BCUT2D eigenvalue weighted by Crippen LogP contribution is 2.34. The summed E-state index contributed by atoms with van der Waals surface area (Å²) in [6.07, 6.45) is 0.502. The Morgan fingerprint density at radius 3 is 2.95 bits per heavy atom. The van der Waals surface area contributed by atoms with E-state index in [0.29, 0.717) is 0 Å². The molecule has 118 valence electrons. The van der Waals surface area contributed by atoms with Gasteiger partial charge in [-0.2, -0.15) is 0 Å². The molecule has 2 aromatic rings. The first-order chi connectivity index (χ1) is 10.6. The summed E-state index contributed by atoms with van der Waals surface area (Å²) in [6, 6.07) is 8.26. The number of aromatic nitrogens is 1. The Bertz CT molecular complexity index is 643. The van der Waals surface area contributed by atoms with Crippen molar-refractivity contribution in [2.45, 2.75) is 38.1 Å². The molecule has 0 aliphatic heterocycles. The van der Waals surface area contributed by atoms with Gasteiger partial charge in [-0.25, -0.2) is 4.98 Å². The quantitative estimate of drug-likeness (QED) is 0.921. The minimum absolute atomic E-state index is 0.0328. The van der Waals surface area contributed by atoms with Crippen LogP contribution in [0.2, 0.25) is 0 Å². The Hall–Kier alpha value is -1.27. The number of aliphatic hydroxyl groups excluding tert-OH is 1. The van der Waals surface area contributed by atoms with Crippen LogP contribution in [0.15, 0.2) is 29.6 Å². The highest BCUT2D eigenvalue weighted by molar-refractivity contribution is 7.09. The van der Waals surface area contributed by atoms with Crippen molar-refractivity contribution in [3.63, 3.8) is 0 Å². The second-order valence-corrected chi connectivity index (χ2v) is 6.77. The summed E-state index contributed by atoms with van der Waals surface area (Å²) in [5.74, 6) is 0. The van der Waals surface area contributed by atoms with Gasteiger partial charge in [-0.15, -0.1) is 11.3 Å². The molecule has 1 aromatic carbocycles. The number of hydrogen-bond donors (Lipinski definition) is 1. The molecule has 0 radical (unpaired) electrons. The molecule has 0 fully saturated rings. The summed E-state index contributed by atoms with van der Waals surface area (Å²) in [5, 5.41) is 13.6. The number of methoxy groups -OCH3 is 1. The minimum Gasteiger partial charge on any atom is -0.387 e. The Kier molecular flexibility index (Phi) is 4.59. The maximum Gasteiger partial charge on any atom is 0.122 e. The van der Waals surface area contributed by atoms with E-state index in [4.69, 9.17) is 4.74 Å². The number of fused-ring (bicyclic) bond motifs is 1. The van der Waals surface area contributed by atoms with Crippen LogP contribution in [-0.4, -0.2) is 35.2 Å². The van der Waals surface area contributed by atoms with Crippen LogP contribution in [0.3, 0.4) is 0 Å². The van der Waals surface area contributed by atoms with Crippen molar-refractivity contribution in [3.05, 3.63) is 51.5 Å². The molecule has 1 aliphatic carbocycles. The fourth-order valence-corrected chi connectivity index (χ4v) is 3.85. The fourth-order valence-electron chi connectivity index (χ4n) is 3.01. The molecule has 0 bridgehead atoms. The minimum atomic E-state index is -0.419. The Balaban J connectivity index is 1.68. The maximum absolute atomic E-state index is 10.5. The molecular weight excluding hydrogens is 296 g/mol. The molecule has 0 amide bonds. The van der Waals surface area contributed by atoms with Gasteiger partial charge in [-0.3, -0.25) is 4.90 Å². The zero-order valence-corrected chi connectivity index (χ0v) is 14.0. The lowest BCUT2D eigenvalue weighted by molar-refractivity contribution is 0.0713. The van der Waals surface area contributed by atoms with Gasteiger partial charge in [0.15, 0.2) is 0 Å². The molecule has 3 unspecified atom stereocenters. The lowest BCUT2D eigenvalue weighted by Crippen LogP contribution is -2.34. The average Bonchev–Trinajstić information content (AvgIpc) is 3.12. The second-order valence-electron chi connectivity index (χ2n) is 5.89. The van der Waals surface area contributed by atoms with E-state index >= 15 is 0 Å². The van der Waals surface area contributed by atoms with E-state index in [0.717, 1.165) is 29.2 Å². The van der Waals surface area contributed by atoms with E-state index in [-0.39, 0.29) is 12.1 Å². The zero-order chi connectivity index (χ0) is 15.7. The first kappa shape index (κ1) is 15.6. The van der Waals surface area contributed by atoms with Gasteiger partial charge in [-0.05, 0) is 31.5 Å². The lowest BCUT2D eigenvalue weighted by Gasteiger charge is -2.26. The molecule has 4 nitrogen and oxygen atoms in total. The number of thiazole rings is 1. The molecular formula is C17H22N2O2S. The third-order valence-electron chi connectivity index (χ3n) is 4.42. The normalized spacial score (nSPS) is 22.0. The summed E-state index contributed by atoms with van der Waals surface area (Å²) >= 11 is 1.63. The van der Waals surface area contributed by atoms with E-state index in [1.165, 1.54) is 5.56 Å². The fraction of sp³-hybridized carbons (Fsp3) is 0.471. The Labute approximate surface area is 135 Å². The van der Waals surface area contributed by atoms with Crippen molar-refractivity contribution < 1.29 is 9.84 Å². The van der Waals surface area contributed by atoms with Crippen LogP contribution in [-0.2, 0) is 17.7 Å². The van der Waals surface area contributed by atoms with Crippen molar-refractivity contribution in [2.75, 3.05) is 14.2 Å². The van der Waals surface area contributed by atoms with Gasteiger partial charge in [0.25, 0.3) is 0 Å². The standard InChI is InChI=1S/C17H22N2O2S/c1-11(21-3)17-18-13(10-22-17)9-19(2)15-8-12-6-4-5-7-14(12)16(15)20/h4-7,10-11,15-16,20H,8-9H2,1-3H3. The van der Waals surface area contributed by atoms with Crippen molar-refractivity contribution in [1.29, 1.82) is 0 Å². The number of nitrogens with zero attached hydrogens (tertiary/aromatic N) is 2. The van der Waals surface area contributed by atoms with Crippen LogP contribution < -0.4 is 0 Å². The van der Waals surface area contributed by atoms with Crippen LogP contribution in [0.5, 0.6) is 0 Å². The van der Waals surface area contributed by atoms with Gasteiger partial charge in [0.05, 0.1) is 11.8 Å². The second kappa shape index (κ2) is 6.46. The number of benzene rings is 1. The first-order valence-corrected chi connectivity index (χ1v) is 8.41. The summed E-state index contributed by atoms with van der Waals surface area (Å²) in [7, 11) is 3.75. The summed E-state index contributed by atoms with van der Waals surface area (Å²) in [6.45, 7) is 2.74. The zero-order valence-electron chi connectivity index (χ0n) is 13.2.